The quantitative estimate of drug-likeness (QED) is 0.881. The highest BCUT2D eigenvalue weighted by Gasteiger charge is 2.49. The van der Waals surface area contributed by atoms with Crippen LogP contribution in [0.5, 0.6) is 0 Å². The summed E-state index contributed by atoms with van der Waals surface area (Å²) in [6, 6.07) is 6.67. The lowest BCUT2D eigenvalue weighted by atomic mass is 9.83. The fourth-order valence-corrected chi connectivity index (χ4v) is 5.11. The van der Waals surface area contributed by atoms with Crippen molar-refractivity contribution in [3.05, 3.63) is 30.1 Å². The van der Waals surface area contributed by atoms with Crippen molar-refractivity contribution in [2.75, 3.05) is 6.54 Å². The van der Waals surface area contributed by atoms with Gasteiger partial charge in [-0.3, -0.25) is 14.7 Å². The molecule has 2 bridgehead atoms. The van der Waals surface area contributed by atoms with E-state index in [0.717, 1.165) is 31.4 Å². The predicted octanol–water partition coefficient (Wildman–Crippen LogP) is 2.34. The molecule has 3 aliphatic rings. The number of aromatic nitrogens is 1. The van der Waals surface area contributed by atoms with Crippen LogP contribution in [-0.2, 0) is 10.4 Å². The van der Waals surface area contributed by atoms with E-state index >= 15 is 0 Å². The molecule has 2 aliphatic heterocycles. The van der Waals surface area contributed by atoms with Gasteiger partial charge in [-0.25, -0.2) is 0 Å². The van der Waals surface area contributed by atoms with Gasteiger partial charge in [-0.15, -0.1) is 0 Å². The molecule has 1 aliphatic carbocycles. The van der Waals surface area contributed by atoms with Gasteiger partial charge in [0.1, 0.15) is 5.60 Å². The number of aliphatic hydroxyl groups is 1. The van der Waals surface area contributed by atoms with Gasteiger partial charge < -0.3 is 10.4 Å². The first-order valence-electron chi connectivity index (χ1n) is 9.83. The molecule has 3 fully saturated rings. The molecule has 2 N–H and O–H groups in total. The van der Waals surface area contributed by atoms with Crippen molar-refractivity contribution in [1.29, 1.82) is 0 Å². The lowest BCUT2D eigenvalue weighted by molar-refractivity contribution is -0.127. The Hall–Kier alpha value is -1.46. The second-order valence-electron chi connectivity index (χ2n) is 8.11. The molecule has 0 unspecified atom stereocenters. The van der Waals surface area contributed by atoms with Gasteiger partial charge in [0.25, 0.3) is 0 Å². The van der Waals surface area contributed by atoms with Crippen LogP contribution >= 0.6 is 0 Å². The number of nitrogens with one attached hydrogen (secondary N) is 1. The molecule has 0 spiro atoms. The van der Waals surface area contributed by atoms with Crippen LogP contribution in [0.2, 0.25) is 0 Å². The third-order valence-electron chi connectivity index (χ3n) is 6.36. The van der Waals surface area contributed by atoms with Crippen LogP contribution in [0.3, 0.4) is 0 Å². The molecular weight excluding hydrogens is 314 g/mol. The van der Waals surface area contributed by atoms with Gasteiger partial charge in [-0.1, -0.05) is 25.3 Å². The van der Waals surface area contributed by atoms with Crippen molar-refractivity contribution in [2.24, 2.45) is 0 Å². The van der Waals surface area contributed by atoms with Crippen molar-refractivity contribution >= 4 is 5.91 Å². The number of rotatable bonds is 4. The van der Waals surface area contributed by atoms with Crippen LogP contribution in [-0.4, -0.2) is 45.6 Å². The highest BCUT2D eigenvalue weighted by molar-refractivity contribution is 5.78. The Labute approximate surface area is 149 Å². The Kier molecular flexibility index (Phi) is 4.78. The molecule has 5 nitrogen and oxygen atoms in total. The molecule has 5 heteroatoms. The van der Waals surface area contributed by atoms with Gasteiger partial charge in [-0.05, 0) is 50.7 Å². The lowest BCUT2D eigenvalue weighted by Gasteiger charge is -2.43. The van der Waals surface area contributed by atoms with E-state index in [9.17, 15) is 9.90 Å². The SMILES string of the molecule is O=C(CN1[C@H]2CC[C@H]1CC(O)(c1ccccn1)C2)NC1CCCCC1. The molecule has 2 atom stereocenters. The normalized spacial score (nSPS) is 33.3. The lowest BCUT2D eigenvalue weighted by Crippen LogP contribution is -2.53. The molecule has 1 aromatic rings. The van der Waals surface area contributed by atoms with Crippen molar-refractivity contribution in [1.82, 2.24) is 15.2 Å². The molecule has 3 heterocycles. The van der Waals surface area contributed by atoms with E-state index < -0.39 is 5.60 Å². The maximum atomic E-state index is 12.5. The summed E-state index contributed by atoms with van der Waals surface area (Å²) in [5.74, 6) is 0.159. The summed E-state index contributed by atoms with van der Waals surface area (Å²) in [5, 5.41) is 14.4. The van der Waals surface area contributed by atoms with E-state index in [1.165, 1.54) is 19.3 Å². The smallest absolute Gasteiger partial charge is 0.234 e. The van der Waals surface area contributed by atoms with Crippen molar-refractivity contribution in [3.63, 3.8) is 0 Å². The van der Waals surface area contributed by atoms with Crippen molar-refractivity contribution < 1.29 is 9.90 Å². The van der Waals surface area contributed by atoms with Crippen LogP contribution in [0.4, 0.5) is 0 Å². The summed E-state index contributed by atoms with van der Waals surface area (Å²) in [5.41, 5.74) is -0.0677. The largest absolute Gasteiger partial charge is 0.383 e. The van der Waals surface area contributed by atoms with Crippen molar-refractivity contribution in [3.8, 4) is 0 Å². The summed E-state index contributed by atoms with van der Waals surface area (Å²) in [7, 11) is 0. The molecule has 136 valence electrons. The number of carbonyl (C=O) groups excluding carboxylic acids is 1. The number of hydrogen-bond donors (Lipinski definition) is 2. The Morgan fingerprint density at radius 1 is 1.16 bits per heavy atom. The molecule has 1 saturated carbocycles. The maximum absolute atomic E-state index is 12.5. The Bertz CT molecular complexity index is 586. The first-order valence-corrected chi connectivity index (χ1v) is 9.83. The first kappa shape index (κ1) is 17.0. The zero-order valence-corrected chi connectivity index (χ0v) is 14.9. The molecule has 0 aromatic carbocycles. The van der Waals surface area contributed by atoms with E-state index in [1.54, 1.807) is 6.20 Å². The highest BCUT2D eigenvalue weighted by Crippen LogP contribution is 2.44. The number of fused-ring (bicyclic) bond motifs is 2. The van der Waals surface area contributed by atoms with E-state index in [4.69, 9.17) is 0 Å². The van der Waals surface area contributed by atoms with E-state index in [1.807, 2.05) is 18.2 Å². The molecule has 2 saturated heterocycles. The van der Waals surface area contributed by atoms with Crippen LogP contribution in [0.1, 0.15) is 63.5 Å². The minimum atomic E-state index is -0.844. The number of nitrogens with zero attached hydrogens (tertiary/aromatic N) is 2. The van der Waals surface area contributed by atoms with Crippen LogP contribution in [0.25, 0.3) is 0 Å². The van der Waals surface area contributed by atoms with Crippen LogP contribution in [0.15, 0.2) is 24.4 Å². The molecule has 1 aromatic heterocycles. The minimum absolute atomic E-state index is 0.159. The Morgan fingerprint density at radius 3 is 2.52 bits per heavy atom. The van der Waals surface area contributed by atoms with Gasteiger partial charge in [0, 0.05) is 24.3 Å². The Balaban J connectivity index is 1.38. The first-order chi connectivity index (χ1) is 12.1. The molecule has 4 rings (SSSR count). The summed E-state index contributed by atoms with van der Waals surface area (Å²) in [6.07, 6.45) is 11.2. The third kappa shape index (κ3) is 3.58. The topological polar surface area (TPSA) is 65.5 Å². The zero-order valence-electron chi connectivity index (χ0n) is 14.9. The van der Waals surface area contributed by atoms with Gasteiger partial charge in [0.15, 0.2) is 0 Å². The fourth-order valence-electron chi connectivity index (χ4n) is 5.11. The van der Waals surface area contributed by atoms with Crippen molar-refractivity contribution in [2.45, 2.75) is 81.5 Å². The Morgan fingerprint density at radius 2 is 1.88 bits per heavy atom. The highest BCUT2D eigenvalue weighted by atomic mass is 16.3. The number of carbonyl (C=O) groups is 1. The van der Waals surface area contributed by atoms with Crippen LogP contribution in [0, 0.1) is 0 Å². The van der Waals surface area contributed by atoms with Gasteiger partial charge in [0.05, 0.1) is 12.2 Å². The summed E-state index contributed by atoms with van der Waals surface area (Å²) in [4.78, 5) is 19.2. The molecule has 1 amide bonds. The number of piperidine rings is 1. The second kappa shape index (κ2) is 7.04. The van der Waals surface area contributed by atoms with Gasteiger partial charge in [-0.2, -0.15) is 0 Å². The number of hydrogen-bond acceptors (Lipinski definition) is 4. The third-order valence-corrected chi connectivity index (χ3v) is 6.36. The van der Waals surface area contributed by atoms with Gasteiger partial charge in [0.2, 0.25) is 5.91 Å². The monoisotopic (exact) mass is 343 g/mol. The van der Waals surface area contributed by atoms with Crippen LogP contribution < -0.4 is 5.32 Å². The summed E-state index contributed by atoms with van der Waals surface area (Å²) < 4.78 is 0. The molecule has 0 radical (unpaired) electrons. The number of pyridine rings is 1. The van der Waals surface area contributed by atoms with E-state index in [0.29, 0.717) is 25.4 Å². The molecular formula is C20H29N3O2. The van der Waals surface area contributed by atoms with E-state index in [2.05, 4.69) is 15.2 Å². The summed E-state index contributed by atoms with van der Waals surface area (Å²) >= 11 is 0. The second-order valence-corrected chi connectivity index (χ2v) is 8.11. The summed E-state index contributed by atoms with van der Waals surface area (Å²) in [6.45, 7) is 0.476. The molecule has 25 heavy (non-hydrogen) atoms. The number of amides is 1. The van der Waals surface area contributed by atoms with Gasteiger partial charge >= 0.3 is 0 Å². The average Bonchev–Trinajstić information content (AvgIpc) is 2.87. The average molecular weight is 343 g/mol. The predicted molar refractivity (Wildman–Crippen MR) is 95.9 cm³/mol. The minimum Gasteiger partial charge on any atom is -0.383 e. The maximum Gasteiger partial charge on any atom is 0.234 e. The van der Waals surface area contributed by atoms with E-state index in [-0.39, 0.29) is 18.0 Å². The fraction of sp³-hybridized carbons (Fsp3) is 0.700. The zero-order chi connectivity index (χ0) is 17.3. The standard InChI is InChI=1S/C20H29N3O2/c24-19(22-15-6-2-1-3-7-15)14-23-16-9-10-17(23)13-20(25,12-16)18-8-4-5-11-21-18/h4-5,8,11,15-17,25H,1-3,6-7,9-10,12-14H2,(H,22,24)/t16-,17-/m0/s1.